The van der Waals surface area contributed by atoms with Crippen LogP contribution in [0.1, 0.15) is 45.3 Å². The van der Waals surface area contributed by atoms with Gasteiger partial charge in [-0.15, -0.1) is 6.42 Å². The van der Waals surface area contributed by atoms with Gasteiger partial charge in [-0.2, -0.15) is 10.1 Å². The fourth-order valence-electron chi connectivity index (χ4n) is 6.81. The minimum Gasteiger partial charge on any atom is -0.333 e. The fourth-order valence-corrected chi connectivity index (χ4v) is 6.81. The Morgan fingerprint density at radius 2 is 1.33 bits per heavy atom. The summed E-state index contributed by atoms with van der Waals surface area (Å²) in [5, 5.41) is 6.65. The number of amides is 2. The molecule has 36 heavy (non-hydrogen) atoms. The van der Waals surface area contributed by atoms with Crippen LogP contribution in [-0.4, -0.2) is 27.6 Å². The molecule has 1 aromatic heterocycles. The minimum atomic E-state index is -0.437. The summed E-state index contributed by atoms with van der Waals surface area (Å²) in [4.78, 5) is 27.6. The van der Waals surface area contributed by atoms with Crippen LogP contribution in [0.2, 0.25) is 0 Å². The summed E-state index contributed by atoms with van der Waals surface area (Å²) in [7, 11) is 0. The number of imide groups is 1. The van der Waals surface area contributed by atoms with E-state index in [2.05, 4.69) is 39.9 Å². The van der Waals surface area contributed by atoms with Crippen LogP contribution in [-0.2, 0) is 16.1 Å². The molecule has 0 radical (unpaired) electrons. The van der Waals surface area contributed by atoms with Gasteiger partial charge in [0.25, 0.3) is 11.8 Å². The molecule has 8 rings (SSSR count). The van der Waals surface area contributed by atoms with Crippen molar-refractivity contribution in [2.75, 3.05) is 0 Å². The summed E-state index contributed by atoms with van der Waals surface area (Å²) < 4.78 is 2.05. The zero-order valence-corrected chi connectivity index (χ0v) is 19.8. The van der Waals surface area contributed by atoms with E-state index in [0.29, 0.717) is 6.54 Å². The number of hydrogen-bond donors (Lipinski definition) is 0. The van der Waals surface area contributed by atoms with E-state index in [1.165, 1.54) is 0 Å². The van der Waals surface area contributed by atoms with Gasteiger partial charge in [-0.25, -0.2) is 0 Å². The van der Waals surface area contributed by atoms with E-state index in [0.717, 1.165) is 49.4 Å². The quantitative estimate of drug-likeness (QED) is 0.246. The van der Waals surface area contributed by atoms with Gasteiger partial charge in [0.15, 0.2) is 0 Å². The number of carbonyl (C=O) groups is 2. The first-order chi connectivity index (χ1) is 17.6. The number of carbonyl (C=O) groups excluding carboxylic acids is 2. The summed E-state index contributed by atoms with van der Waals surface area (Å²) in [6.45, 7) is 2.42. The predicted molar refractivity (Wildman–Crippen MR) is 139 cm³/mol. The van der Waals surface area contributed by atoms with Crippen LogP contribution in [0.4, 0.5) is 0 Å². The van der Waals surface area contributed by atoms with E-state index in [4.69, 9.17) is 6.42 Å². The normalized spacial score (nSPS) is 23.7. The lowest BCUT2D eigenvalue weighted by atomic mass is 9.55. The predicted octanol–water partition coefficient (Wildman–Crippen LogP) is 4.81. The Labute approximate surface area is 209 Å². The summed E-state index contributed by atoms with van der Waals surface area (Å²) in [5.41, 5.74) is 7.45. The number of aromatic nitrogens is 1. The maximum atomic E-state index is 13.8. The molecule has 5 nitrogen and oxygen atoms in total. The van der Waals surface area contributed by atoms with Crippen LogP contribution < -0.4 is 0 Å². The van der Waals surface area contributed by atoms with E-state index in [1.807, 2.05) is 55.5 Å². The lowest BCUT2D eigenvalue weighted by Gasteiger charge is -2.45. The Balaban J connectivity index is 1.33. The van der Waals surface area contributed by atoms with Crippen LogP contribution in [0.5, 0.6) is 0 Å². The van der Waals surface area contributed by atoms with Crippen molar-refractivity contribution in [3.05, 3.63) is 106 Å². The highest BCUT2D eigenvalue weighted by atomic mass is 16.2. The molecular weight excluding hydrogens is 446 g/mol. The van der Waals surface area contributed by atoms with Gasteiger partial charge in [-0.3, -0.25) is 9.59 Å². The number of hydrazone groups is 1. The lowest BCUT2D eigenvalue weighted by Crippen LogP contribution is -2.41. The van der Waals surface area contributed by atoms with Gasteiger partial charge in [-0.1, -0.05) is 72.7 Å². The zero-order valence-electron chi connectivity index (χ0n) is 19.8. The number of benzene rings is 3. The van der Waals surface area contributed by atoms with Gasteiger partial charge in [0, 0.05) is 34.0 Å². The first kappa shape index (κ1) is 20.9. The zero-order chi connectivity index (χ0) is 24.6. The number of terminal acetylenes is 1. The molecule has 0 saturated carbocycles. The van der Waals surface area contributed by atoms with Gasteiger partial charge >= 0.3 is 0 Å². The van der Waals surface area contributed by atoms with Crippen molar-refractivity contribution in [3.63, 3.8) is 0 Å². The van der Waals surface area contributed by atoms with E-state index in [9.17, 15) is 9.59 Å². The maximum Gasteiger partial charge on any atom is 0.254 e. The highest BCUT2D eigenvalue weighted by Gasteiger charge is 2.61. The van der Waals surface area contributed by atoms with Crippen LogP contribution in [0, 0.1) is 31.1 Å². The summed E-state index contributed by atoms with van der Waals surface area (Å²) in [5.74, 6) is 1.13. The molecule has 1 saturated heterocycles. The smallest absolute Gasteiger partial charge is 0.254 e. The first-order valence-corrected chi connectivity index (χ1v) is 12.2. The van der Waals surface area contributed by atoms with E-state index in [-0.39, 0.29) is 23.7 Å². The highest BCUT2D eigenvalue weighted by molar-refractivity contribution is 6.09. The van der Waals surface area contributed by atoms with Crippen molar-refractivity contribution < 1.29 is 9.59 Å². The molecule has 174 valence electrons. The monoisotopic (exact) mass is 469 g/mol. The molecule has 4 aliphatic rings. The van der Waals surface area contributed by atoms with Crippen molar-refractivity contribution in [1.29, 1.82) is 0 Å². The molecule has 3 aliphatic carbocycles. The van der Waals surface area contributed by atoms with Gasteiger partial charge < -0.3 is 4.57 Å². The summed E-state index contributed by atoms with van der Waals surface area (Å²) in [6, 6.07) is 24.4. The van der Waals surface area contributed by atoms with Crippen molar-refractivity contribution >= 4 is 28.9 Å². The summed E-state index contributed by atoms with van der Waals surface area (Å²) in [6.07, 6.45) is 7.26. The first-order valence-electron chi connectivity index (χ1n) is 12.2. The molecule has 3 aromatic carbocycles. The average molecular weight is 470 g/mol. The van der Waals surface area contributed by atoms with Gasteiger partial charge in [0.2, 0.25) is 0 Å². The molecule has 2 amide bonds. The molecule has 1 fully saturated rings. The largest absolute Gasteiger partial charge is 0.333 e. The van der Waals surface area contributed by atoms with Crippen LogP contribution in [0.3, 0.4) is 0 Å². The third-order valence-corrected chi connectivity index (χ3v) is 8.26. The number of hydrogen-bond acceptors (Lipinski definition) is 3. The fraction of sp³-hybridized carbons (Fsp3) is 0.194. The second kappa shape index (κ2) is 7.53. The second-order valence-corrected chi connectivity index (χ2v) is 9.80. The summed E-state index contributed by atoms with van der Waals surface area (Å²) >= 11 is 0. The van der Waals surface area contributed by atoms with Crippen molar-refractivity contribution in [2.45, 2.75) is 25.3 Å². The standard InChI is InChI=1S/C31H23N3O2/c1-3-16-33-18(2)24(19-10-8-9-15-25(19)33)17-32-34-30(35)28-26-20-11-4-5-12-21(20)27(29(28)31(34)36)23-14-7-6-13-22(23)26/h1,4-15,17,26-29H,16H2,2H3. The van der Waals surface area contributed by atoms with Gasteiger partial charge in [0.05, 0.1) is 24.6 Å². The Morgan fingerprint density at radius 3 is 1.86 bits per heavy atom. The van der Waals surface area contributed by atoms with Crippen molar-refractivity contribution in [2.24, 2.45) is 16.9 Å². The third-order valence-electron chi connectivity index (χ3n) is 8.26. The molecule has 2 heterocycles. The Bertz CT molecular complexity index is 1560. The number of para-hydroxylation sites is 1. The molecule has 0 N–H and O–H groups in total. The molecule has 0 spiro atoms. The van der Waals surface area contributed by atoms with Crippen LogP contribution >= 0.6 is 0 Å². The molecular formula is C31H23N3O2. The van der Waals surface area contributed by atoms with E-state index in [1.54, 1.807) is 6.21 Å². The minimum absolute atomic E-state index is 0.136. The second-order valence-electron chi connectivity index (χ2n) is 9.80. The Kier molecular flexibility index (Phi) is 4.37. The van der Waals surface area contributed by atoms with Crippen LogP contribution in [0.25, 0.3) is 10.9 Å². The highest BCUT2D eigenvalue weighted by Crippen LogP contribution is 2.60. The van der Waals surface area contributed by atoms with Crippen molar-refractivity contribution in [3.8, 4) is 12.3 Å². The Hall–Kier alpha value is -4.43. The van der Waals surface area contributed by atoms with E-state index >= 15 is 0 Å². The maximum absolute atomic E-state index is 13.8. The molecule has 5 heteroatoms. The molecule has 2 bridgehead atoms. The third kappa shape index (κ3) is 2.59. The molecule has 2 unspecified atom stereocenters. The number of rotatable bonds is 3. The molecule has 2 atom stereocenters. The number of fused-ring (bicyclic) bond motifs is 1. The lowest BCUT2D eigenvalue weighted by molar-refractivity contribution is -0.139. The molecule has 4 aromatic rings. The van der Waals surface area contributed by atoms with E-state index < -0.39 is 11.8 Å². The SMILES string of the molecule is C#CCn1c(C)c(C=NN2C(=O)C3C4c5ccccc5C(c5ccccc54)C3C2=O)c2ccccc21. The topological polar surface area (TPSA) is 54.7 Å². The van der Waals surface area contributed by atoms with Gasteiger partial charge in [-0.05, 0) is 35.2 Å². The van der Waals surface area contributed by atoms with Crippen molar-refractivity contribution in [1.82, 2.24) is 9.58 Å². The number of nitrogens with zero attached hydrogens (tertiary/aromatic N) is 3. The Morgan fingerprint density at radius 1 is 0.833 bits per heavy atom. The van der Waals surface area contributed by atoms with Gasteiger partial charge in [0.1, 0.15) is 0 Å². The molecule has 1 aliphatic heterocycles. The van der Waals surface area contributed by atoms with Crippen LogP contribution in [0.15, 0.2) is 77.9 Å². The average Bonchev–Trinajstić information content (AvgIpc) is 3.33.